The van der Waals surface area contributed by atoms with Crippen molar-refractivity contribution in [2.45, 2.75) is 6.42 Å². The number of hydrogen-bond acceptors (Lipinski definition) is 4. The van der Waals surface area contributed by atoms with E-state index in [1.165, 1.54) is 0 Å². The summed E-state index contributed by atoms with van der Waals surface area (Å²) < 4.78 is 5.69. The number of benzene rings is 2. The largest absolute Gasteiger partial charge is 0.493 e. The van der Waals surface area contributed by atoms with Crippen molar-refractivity contribution in [1.29, 1.82) is 0 Å². The van der Waals surface area contributed by atoms with Gasteiger partial charge >= 0.3 is 0 Å². The van der Waals surface area contributed by atoms with Crippen LogP contribution in [0, 0.1) is 0 Å². The topological polar surface area (TPSA) is 61.0 Å². The van der Waals surface area contributed by atoms with Crippen LogP contribution in [0.1, 0.15) is 5.69 Å². The van der Waals surface area contributed by atoms with Crippen molar-refractivity contribution in [2.75, 3.05) is 12.3 Å². The molecule has 4 nitrogen and oxygen atoms in total. The lowest BCUT2D eigenvalue weighted by atomic mass is 10.1. The van der Waals surface area contributed by atoms with E-state index in [0.717, 1.165) is 22.3 Å². The monoisotopic (exact) mass is 299 g/mol. The van der Waals surface area contributed by atoms with Crippen LogP contribution in [0.5, 0.6) is 5.75 Å². The molecular weight excluding hydrogens is 286 g/mol. The van der Waals surface area contributed by atoms with Crippen molar-refractivity contribution >= 4 is 28.2 Å². The quantitative estimate of drug-likeness (QED) is 0.592. The Kier molecular flexibility index (Phi) is 3.88. The number of hydrogen-bond donors (Lipinski definition) is 1. The third-order valence-electron chi connectivity index (χ3n) is 3.15. The van der Waals surface area contributed by atoms with Gasteiger partial charge < -0.3 is 10.5 Å². The fourth-order valence-electron chi connectivity index (χ4n) is 2.22. The molecule has 1 heterocycles. The molecule has 21 heavy (non-hydrogen) atoms. The van der Waals surface area contributed by atoms with Crippen LogP contribution in [0.2, 0.25) is 5.28 Å². The molecule has 3 aromatic rings. The number of halogens is 1. The van der Waals surface area contributed by atoms with E-state index >= 15 is 0 Å². The molecule has 2 aromatic carbocycles. The van der Waals surface area contributed by atoms with E-state index in [-0.39, 0.29) is 5.28 Å². The summed E-state index contributed by atoms with van der Waals surface area (Å²) in [6, 6.07) is 15.2. The van der Waals surface area contributed by atoms with Crippen molar-refractivity contribution in [3.05, 3.63) is 59.5 Å². The Bertz CT molecular complexity index is 762. The maximum absolute atomic E-state index is 6.03. The van der Waals surface area contributed by atoms with Gasteiger partial charge in [-0.1, -0.05) is 24.3 Å². The summed E-state index contributed by atoms with van der Waals surface area (Å²) in [6.45, 7) is 0.501. The average Bonchev–Trinajstić information content (AvgIpc) is 2.48. The number of ether oxygens (including phenoxy) is 1. The van der Waals surface area contributed by atoms with Crippen molar-refractivity contribution < 1.29 is 4.74 Å². The second kappa shape index (κ2) is 5.97. The van der Waals surface area contributed by atoms with Gasteiger partial charge in [0.05, 0.1) is 17.8 Å². The Morgan fingerprint density at radius 3 is 2.62 bits per heavy atom. The molecule has 5 heteroatoms. The summed E-state index contributed by atoms with van der Waals surface area (Å²) in [5.41, 5.74) is 8.24. The number of rotatable bonds is 4. The van der Waals surface area contributed by atoms with E-state index < -0.39 is 0 Å². The maximum atomic E-state index is 6.03. The number of anilines is 1. The molecule has 0 aliphatic rings. The summed E-state index contributed by atoms with van der Waals surface area (Å²) in [4.78, 5) is 8.48. The molecule has 106 valence electrons. The Morgan fingerprint density at radius 1 is 1.00 bits per heavy atom. The molecule has 2 N–H and O–H groups in total. The lowest BCUT2D eigenvalue weighted by Gasteiger charge is -2.09. The number of fused-ring (bicyclic) bond motifs is 1. The van der Waals surface area contributed by atoms with Crippen LogP contribution >= 0.6 is 11.6 Å². The first kappa shape index (κ1) is 13.6. The van der Waals surface area contributed by atoms with Gasteiger partial charge in [-0.05, 0) is 35.9 Å². The highest BCUT2D eigenvalue weighted by molar-refractivity contribution is 6.28. The zero-order valence-electron chi connectivity index (χ0n) is 11.3. The predicted molar refractivity (Wildman–Crippen MR) is 84.6 cm³/mol. The summed E-state index contributed by atoms with van der Waals surface area (Å²) in [7, 11) is 0. The zero-order chi connectivity index (χ0) is 14.7. The highest BCUT2D eigenvalue weighted by Gasteiger charge is 2.09. The van der Waals surface area contributed by atoms with Crippen LogP contribution in [0.4, 0.5) is 5.69 Å². The first-order valence-corrected chi connectivity index (χ1v) is 7.00. The summed E-state index contributed by atoms with van der Waals surface area (Å²) in [5, 5.41) is 1.07. The summed E-state index contributed by atoms with van der Waals surface area (Å²) >= 11 is 5.97. The fourth-order valence-corrected chi connectivity index (χ4v) is 2.41. The van der Waals surface area contributed by atoms with E-state index in [4.69, 9.17) is 22.1 Å². The number of nitrogens with two attached hydrogens (primary N) is 1. The van der Waals surface area contributed by atoms with Crippen LogP contribution in [0.3, 0.4) is 0 Å². The zero-order valence-corrected chi connectivity index (χ0v) is 12.0. The molecule has 0 unspecified atom stereocenters. The van der Waals surface area contributed by atoms with Crippen molar-refractivity contribution in [1.82, 2.24) is 9.97 Å². The van der Waals surface area contributed by atoms with E-state index in [1.54, 1.807) is 0 Å². The summed E-state index contributed by atoms with van der Waals surface area (Å²) in [5.74, 6) is 0.829. The van der Waals surface area contributed by atoms with Gasteiger partial charge in [0.25, 0.3) is 0 Å². The highest BCUT2D eigenvalue weighted by Crippen LogP contribution is 2.24. The third kappa shape index (κ3) is 3.06. The van der Waals surface area contributed by atoms with Gasteiger partial charge in [0.1, 0.15) is 5.75 Å². The van der Waals surface area contributed by atoms with Crippen LogP contribution in [0.25, 0.3) is 10.9 Å². The molecule has 3 rings (SSSR count). The lowest BCUT2D eigenvalue weighted by Crippen LogP contribution is -2.05. The smallest absolute Gasteiger partial charge is 0.223 e. The molecule has 0 aliphatic heterocycles. The molecule has 0 spiro atoms. The van der Waals surface area contributed by atoms with E-state index in [1.807, 2.05) is 48.5 Å². The van der Waals surface area contributed by atoms with E-state index in [0.29, 0.717) is 18.7 Å². The van der Waals surface area contributed by atoms with Gasteiger partial charge in [-0.15, -0.1) is 0 Å². The highest BCUT2D eigenvalue weighted by atomic mass is 35.5. The molecule has 0 saturated carbocycles. The van der Waals surface area contributed by atoms with Crippen LogP contribution in [-0.4, -0.2) is 16.6 Å². The predicted octanol–water partition coefficient (Wildman–Crippen LogP) is 3.49. The molecular formula is C16H14ClN3O. The molecule has 1 aromatic heterocycles. The minimum Gasteiger partial charge on any atom is -0.493 e. The van der Waals surface area contributed by atoms with Crippen molar-refractivity contribution in [2.24, 2.45) is 0 Å². The van der Waals surface area contributed by atoms with Crippen molar-refractivity contribution in [3.8, 4) is 5.75 Å². The van der Waals surface area contributed by atoms with E-state index in [2.05, 4.69) is 9.97 Å². The molecule has 0 radical (unpaired) electrons. The average molecular weight is 300 g/mol. The second-order valence-corrected chi connectivity index (χ2v) is 4.93. The normalized spacial score (nSPS) is 10.7. The van der Waals surface area contributed by atoms with Gasteiger partial charge in [0.2, 0.25) is 5.28 Å². The Balaban J connectivity index is 1.83. The van der Waals surface area contributed by atoms with Crippen molar-refractivity contribution in [3.63, 3.8) is 0 Å². The first-order valence-electron chi connectivity index (χ1n) is 6.62. The van der Waals surface area contributed by atoms with Gasteiger partial charge in [-0.2, -0.15) is 0 Å². The molecule has 0 amide bonds. The number of aromatic nitrogens is 2. The molecule has 0 saturated heterocycles. The van der Waals surface area contributed by atoms with Crippen LogP contribution in [0.15, 0.2) is 48.5 Å². The second-order valence-electron chi connectivity index (χ2n) is 4.59. The number of nitrogens with zero attached hydrogens (tertiary/aromatic N) is 2. The van der Waals surface area contributed by atoms with Crippen LogP contribution in [-0.2, 0) is 6.42 Å². The van der Waals surface area contributed by atoms with Crippen LogP contribution < -0.4 is 10.5 Å². The fraction of sp³-hybridized carbons (Fsp3) is 0.125. The Morgan fingerprint density at radius 2 is 1.81 bits per heavy atom. The minimum atomic E-state index is 0.225. The lowest BCUT2D eigenvalue weighted by molar-refractivity contribution is 0.321. The minimum absolute atomic E-state index is 0.225. The van der Waals surface area contributed by atoms with Gasteiger partial charge in [-0.3, -0.25) is 0 Å². The molecule has 0 fully saturated rings. The SMILES string of the molecule is Nc1cccc2nc(Cl)nc(CCOc3ccccc3)c12. The third-order valence-corrected chi connectivity index (χ3v) is 3.32. The molecule has 0 bridgehead atoms. The first-order chi connectivity index (χ1) is 10.2. The maximum Gasteiger partial charge on any atom is 0.223 e. The summed E-state index contributed by atoms with van der Waals surface area (Å²) in [6.07, 6.45) is 0.613. The number of nitrogen functional groups attached to an aromatic ring is 1. The van der Waals surface area contributed by atoms with Gasteiger partial charge in [0, 0.05) is 17.5 Å². The van der Waals surface area contributed by atoms with E-state index in [9.17, 15) is 0 Å². The molecule has 0 aliphatic carbocycles. The van der Waals surface area contributed by atoms with Gasteiger partial charge in [0.15, 0.2) is 0 Å². The molecule has 0 atom stereocenters. The standard InChI is InChI=1S/C16H14ClN3O/c17-16-19-13-8-4-7-12(18)15(13)14(20-16)9-10-21-11-5-2-1-3-6-11/h1-8H,9-10,18H2. The number of para-hydroxylation sites is 1. The Labute approximate surface area is 127 Å². The Hall–Kier alpha value is -2.33. The van der Waals surface area contributed by atoms with Gasteiger partial charge in [-0.25, -0.2) is 9.97 Å².